The molecule has 1 aromatic rings. The third-order valence-electron chi connectivity index (χ3n) is 3.86. The number of nitrogens with one attached hydrogen (secondary N) is 1. The van der Waals surface area contributed by atoms with Gasteiger partial charge < -0.3 is 5.32 Å². The molecule has 0 heterocycles. The number of carbonyl (C=O) groups is 1. The Balaban J connectivity index is 3.68. The first-order valence-electron chi connectivity index (χ1n) is 8.36. The standard InChI is InChI=1S/C15H4Cl2F17NO3/c16-4-2-1-3-5(17)6(4)35-7(36)8(18,11(22,23)24)37-15(33,34)10(21,13(28,29)30)38-14(31,32)9(19,20)12(25,26)27/h1-3H,(H,35,36). The molecule has 23 heteroatoms. The smallest absolute Gasteiger partial charge is 0.318 e. The van der Waals surface area contributed by atoms with E-state index in [0.717, 1.165) is 6.07 Å². The van der Waals surface area contributed by atoms with Crippen LogP contribution in [0.15, 0.2) is 18.2 Å². The topological polar surface area (TPSA) is 47.6 Å². The largest absolute Gasteiger partial charge is 0.462 e. The Morgan fingerprint density at radius 1 is 0.632 bits per heavy atom. The van der Waals surface area contributed by atoms with Gasteiger partial charge in [0.15, 0.2) is 0 Å². The Kier molecular flexibility index (Phi) is 8.85. The lowest BCUT2D eigenvalue weighted by Gasteiger charge is -2.40. The highest BCUT2D eigenvalue weighted by atomic mass is 35.5. The Morgan fingerprint density at radius 2 is 1.05 bits per heavy atom. The van der Waals surface area contributed by atoms with E-state index in [9.17, 15) is 79.4 Å². The molecule has 1 amide bonds. The normalized spacial score (nSPS) is 17.6. The van der Waals surface area contributed by atoms with Gasteiger partial charge in [-0.25, -0.2) is 0 Å². The first-order valence-corrected chi connectivity index (χ1v) is 9.11. The van der Waals surface area contributed by atoms with Gasteiger partial charge in [0.25, 0.3) is 5.91 Å². The van der Waals surface area contributed by atoms with E-state index in [1.165, 1.54) is 4.74 Å². The number of rotatable bonds is 8. The number of amides is 1. The second kappa shape index (κ2) is 9.88. The minimum atomic E-state index is -8.11. The molecule has 2 unspecified atom stereocenters. The van der Waals surface area contributed by atoms with Gasteiger partial charge in [-0.15, -0.1) is 0 Å². The highest BCUT2D eigenvalue weighted by molar-refractivity contribution is 6.39. The Bertz CT molecular complexity index is 1020. The molecule has 0 aliphatic carbocycles. The van der Waals surface area contributed by atoms with Crippen molar-refractivity contribution < 1.29 is 88.9 Å². The summed E-state index contributed by atoms with van der Waals surface area (Å²) in [6.45, 7) is 0. The molecule has 220 valence electrons. The minimum absolute atomic E-state index is 0.693. The minimum Gasteiger partial charge on any atom is -0.318 e. The summed E-state index contributed by atoms with van der Waals surface area (Å²) in [6, 6.07) is 2.31. The van der Waals surface area contributed by atoms with Gasteiger partial charge in [-0.3, -0.25) is 14.3 Å². The molecule has 1 N–H and O–H groups in total. The van der Waals surface area contributed by atoms with E-state index in [1.807, 2.05) is 4.74 Å². The average molecular weight is 640 g/mol. The lowest BCUT2D eigenvalue weighted by Crippen LogP contribution is -2.68. The zero-order valence-corrected chi connectivity index (χ0v) is 18.1. The zero-order valence-electron chi connectivity index (χ0n) is 16.6. The van der Waals surface area contributed by atoms with E-state index < -0.39 is 70.0 Å². The van der Waals surface area contributed by atoms with Crippen LogP contribution in [-0.2, 0) is 14.3 Å². The van der Waals surface area contributed by atoms with Crippen LogP contribution in [0.25, 0.3) is 0 Å². The SMILES string of the molecule is O=C(Nc1c(Cl)cccc1Cl)C(F)(OC(F)(F)C(F)(OC(F)(F)C(F)(F)C(F)(F)F)C(F)(F)F)C(F)(F)F. The predicted octanol–water partition coefficient (Wildman–Crippen LogP) is 7.80. The summed E-state index contributed by atoms with van der Waals surface area (Å²) in [5.74, 6) is -26.6. The molecule has 0 radical (unpaired) electrons. The van der Waals surface area contributed by atoms with Crippen LogP contribution in [0, 0.1) is 0 Å². The molecule has 0 bridgehead atoms. The van der Waals surface area contributed by atoms with E-state index in [-0.39, 0.29) is 0 Å². The van der Waals surface area contributed by atoms with Gasteiger partial charge in [0.1, 0.15) is 0 Å². The molecule has 0 saturated heterocycles. The Morgan fingerprint density at radius 3 is 1.39 bits per heavy atom. The second-order valence-corrected chi connectivity index (χ2v) is 7.36. The number of benzene rings is 1. The van der Waals surface area contributed by atoms with Crippen LogP contribution in [0.5, 0.6) is 0 Å². The second-order valence-electron chi connectivity index (χ2n) is 6.55. The number of hydrogen-bond acceptors (Lipinski definition) is 3. The van der Waals surface area contributed by atoms with Crippen molar-refractivity contribution in [1.29, 1.82) is 0 Å². The summed E-state index contributed by atoms with van der Waals surface area (Å²) >= 11 is 10.8. The lowest BCUT2D eigenvalue weighted by molar-refractivity contribution is -0.548. The highest BCUT2D eigenvalue weighted by Crippen LogP contribution is 2.56. The van der Waals surface area contributed by atoms with E-state index in [4.69, 9.17) is 23.2 Å². The fraction of sp³-hybridized carbons (Fsp3) is 0.533. The molecular weight excluding hydrogens is 636 g/mol. The van der Waals surface area contributed by atoms with Gasteiger partial charge in [0, 0.05) is 0 Å². The summed E-state index contributed by atoms with van der Waals surface area (Å²) in [7, 11) is 0. The van der Waals surface area contributed by atoms with Crippen molar-refractivity contribution in [2.24, 2.45) is 0 Å². The monoisotopic (exact) mass is 639 g/mol. The van der Waals surface area contributed by atoms with E-state index in [2.05, 4.69) is 0 Å². The fourth-order valence-corrected chi connectivity index (χ4v) is 2.47. The molecule has 2 atom stereocenters. The fourth-order valence-electron chi connectivity index (χ4n) is 1.97. The molecule has 1 rings (SSSR count). The number of para-hydroxylation sites is 1. The van der Waals surface area contributed by atoms with Crippen LogP contribution >= 0.6 is 23.2 Å². The lowest BCUT2D eigenvalue weighted by atomic mass is 10.2. The van der Waals surface area contributed by atoms with Crippen LogP contribution in [0.2, 0.25) is 10.0 Å². The first kappa shape index (κ1) is 34.0. The molecule has 0 fully saturated rings. The molecule has 0 aromatic heterocycles. The van der Waals surface area contributed by atoms with Crippen molar-refractivity contribution in [2.75, 3.05) is 5.32 Å². The van der Waals surface area contributed by atoms with Crippen molar-refractivity contribution in [3.63, 3.8) is 0 Å². The van der Waals surface area contributed by atoms with Crippen LogP contribution in [0.3, 0.4) is 0 Å². The van der Waals surface area contributed by atoms with Gasteiger partial charge in [0.05, 0.1) is 15.7 Å². The molecule has 0 aliphatic rings. The highest BCUT2D eigenvalue weighted by Gasteiger charge is 2.85. The van der Waals surface area contributed by atoms with Crippen molar-refractivity contribution >= 4 is 34.8 Å². The van der Waals surface area contributed by atoms with E-state index in [0.29, 0.717) is 17.4 Å². The number of hydrogen-bond donors (Lipinski definition) is 1. The summed E-state index contributed by atoms with van der Waals surface area (Å²) in [5, 5.41) is -1.07. The number of ether oxygens (including phenoxy) is 2. The van der Waals surface area contributed by atoms with Crippen LogP contribution < -0.4 is 5.32 Å². The summed E-state index contributed by atoms with van der Waals surface area (Å²) in [5.41, 5.74) is -1.27. The molecule has 38 heavy (non-hydrogen) atoms. The van der Waals surface area contributed by atoms with Crippen molar-refractivity contribution in [3.8, 4) is 0 Å². The van der Waals surface area contributed by atoms with E-state index >= 15 is 0 Å². The number of anilines is 1. The van der Waals surface area contributed by atoms with Gasteiger partial charge in [0.2, 0.25) is 0 Å². The third kappa shape index (κ3) is 5.93. The van der Waals surface area contributed by atoms with Gasteiger partial charge in [-0.05, 0) is 12.1 Å². The van der Waals surface area contributed by atoms with Crippen molar-refractivity contribution in [2.45, 2.75) is 48.4 Å². The number of alkyl halides is 17. The summed E-state index contributed by atoms with van der Waals surface area (Å²) in [6.07, 6.45) is -38.8. The first-order chi connectivity index (χ1) is 16.5. The van der Waals surface area contributed by atoms with Crippen LogP contribution in [0.4, 0.5) is 80.3 Å². The maximum absolute atomic E-state index is 14.5. The zero-order chi connectivity index (χ0) is 30.6. The van der Waals surface area contributed by atoms with Crippen molar-refractivity contribution in [3.05, 3.63) is 28.2 Å². The molecule has 0 saturated carbocycles. The van der Waals surface area contributed by atoms with Crippen molar-refractivity contribution in [1.82, 2.24) is 0 Å². The summed E-state index contributed by atoms with van der Waals surface area (Å²) < 4.78 is 226. The maximum atomic E-state index is 14.5. The summed E-state index contributed by atoms with van der Waals surface area (Å²) in [4.78, 5) is 11.8. The molecule has 1 aromatic carbocycles. The van der Waals surface area contributed by atoms with Gasteiger partial charge in [-0.1, -0.05) is 29.3 Å². The van der Waals surface area contributed by atoms with Crippen LogP contribution in [0.1, 0.15) is 0 Å². The Hall–Kier alpha value is -2.00. The molecular formula is C15H4Cl2F17NO3. The predicted molar refractivity (Wildman–Crippen MR) is 87.9 cm³/mol. The number of carbonyl (C=O) groups excluding carboxylic acids is 1. The third-order valence-corrected chi connectivity index (χ3v) is 4.49. The average Bonchev–Trinajstić information content (AvgIpc) is 2.67. The quantitative estimate of drug-likeness (QED) is 0.295. The van der Waals surface area contributed by atoms with Crippen LogP contribution in [-0.4, -0.2) is 54.3 Å². The Labute approximate surface area is 206 Å². The number of halogens is 19. The van der Waals surface area contributed by atoms with Gasteiger partial charge >= 0.3 is 48.4 Å². The molecule has 4 nitrogen and oxygen atoms in total. The maximum Gasteiger partial charge on any atom is 0.462 e. The molecule has 0 spiro atoms. The van der Waals surface area contributed by atoms with Gasteiger partial charge in [-0.2, -0.15) is 74.6 Å². The molecule has 0 aliphatic heterocycles. The van der Waals surface area contributed by atoms with E-state index in [1.54, 1.807) is 0 Å².